The summed E-state index contributed by atoms with van der Waals surface area (Å²) in [6, 6.07) is 1.98. The minimum absolute atomic E-state index is 0.145. The molecule has 1 unspecified atom stereocenters. The molecule has 5 N–H and O–H groups in total. The predicted octanol–water partition coefficient (Wildman–Crippen LogP) is -0.0451. The van der Waals surface area contributed by atoms with Gasteiger partial charge in [-0.15, -0.1) is 11.3 Å². The number of hydrogen-bond donors (Lipinski definition) is 4. The minimum Gasteiger partial charge on any atom is -0.379 e. The van der Waals surface area contributed by atoms with Gasteiger partial charge in [-0.05, 0) is 12.1 Å². The molecule has 0 aliphatic carbocycles. The molecule has 1 aliphatic heterocycles. The van der Waals surface area contributed by atoms with Crippen molar-refractivity contribution in [2.45, 2.75) is 9.81 Å². The Labute approximate surface area is 102 Å². The van der Waals surface area contributed by atoms with Gasteiger partial charge in [0.2, 0.25) is 0 Å². The average Bonchev–Trinajstić information content (AvgIpc) is 2.61. The van der Waals surface area contributed by atoms with Gasteiger partial charge < -0.3 is 15.6 Å². The fraction of sp³-hybridized carbons (Fsp3) is 0.375. The van der Waals surface area contributed by atoms with Crippen LogP contribution in [0, 0.1) is 4.78 Å². The second-order valence-corrected chi connectivity index (χ2v) is 6.76. The van der Waals surface area contributed by atoms with Crippen LogP contribution in [0.3, 0.4) is 0 Å². The van der Waals surface area contributed by atoms with Crippen molar-refractivity contribution < 1.29 is 18.8 Å². The van der Waals surface area contributed by atoms with Gasteiger partial charge >= 0.3 is 6.03 Å². The Balaban J connectivity index is 2.27. The summed E-state index contributed by atoms with van der Waals surface area (Å²) in [5, 5.41) is 9.96. The van der Waals surface area contributed by atoms with E-state index in [1.54, 1.807) is 6.07 Å². The van der Waals surface area contributed by atoms with E-state index in [-0.39, 0.29) is 17.4 Å². The van der Waals surface area contributed by atoms with Crippen LogP contribution in [0.5, 0.6) is 0 Å². The first kappa shape index (κ1) is 12.3. The zero-order chi connectivity index (χ0) is 12.7. The molecular formula is C8H11N3O4S2. The zero-order valence-corrected chi connectivity index (χ0v) is 10.3. The Bertz CT molecular complexity index is 547. The standard InChI is InChI=1S/C8H11N3O4S2/c9-7(12)11-17(10,14)6-2-1-5(16-6)8(13)3-15-4-8/h1-2,13H,3-4H2,(H4,9,10,11,12,14). The Morgan fingerprint density at radius 2 is 2.29 bits per heavy atom. The maximum atomic E-state index is 11.8. The Morgan fingerprint density at radius 1 is 1.65 bits per heavy atom. The van der Waals surface area contributed by atoms with Crippen molar-refractivity contribution in [3.05, 3.63) is 17.0 Å². The number of ether oxygens (including phenoxy) is 1. The number of rotatable bonds is 3. The van der Waals surface area contributed by atoms with Crippen molar-refractivity contribution in [3.8, 4) is 0 Å². The van der Waals surface area contributed by atoms with Gasteiger partial charge in [0.25, 0.3) is 0 Å². The van der Waals surface area contributed by atoms with Crippen molar-refractivity contribution in [2.75, 3.05) is 13.2 Å². The monoisotopic (exact) mass is 277 g/mol. The molecule has 2 rings (SSSR count). The number of carbonyl (C=O) groups is 1. The van der Waals surface area contributed by atoms with Gasteiger partial charge in [0.15, 0.2) is 9.92 Å². The van der Waals surface area contributed by atoms with Crippen molar-refractivity contribution in [1.82, 2.24) is 4.72 Å². The lowest BCUT2D eigenvalue weighted by Crippen LogP contribution is -2.45. The Hall–Kier alpha value is -1.16. The van der Waals surface area contributed by atoms with E-state index in [0.717, 1.165) is 11.3 Å². The largest absolute Gasteiger partial charge is 0.379 e. The van der Waals surface area contributed by atoms with Crippen LogP contribution in [0.15, 0.2) is 16.3 Å². The fourth-order valence-corrected chi connectivity index (χ4v) is 3.66. The van der Waals surface area contributed by atoms with Crippen LogP contribution in [0.1, 0.15) is 4.88 Å². The van der Waals surface area contributed by atoms with E-state index < -0.39 is 21.5 Å². The van der Waals surface area contributed by atoms with E-state index in [9.17, 15) is 14.1 Å². The van der Waals surface area contributed by atoms with Crippen LogP contribution in [0.25, 0.3) is 0 Å². The molecule has 17 heavy (non-hydrogen) atoms. The third-order valence-electron chi connectivity index (χ3n) is 2.25. The lowest BCUT2D eigenvalue weighted by molar-refractivity contribution is -0.182. The molecule has 9 heteroatoms. The molecule has 2 amide bonds. The quantitative estimate of drug-likeness (QED) is 0.618. The summed E-state index contributed by atoms with van der Waals surface area (Å²) in [7, 11) is -3.44. The van der Waals surface area contributed by atoms with Gasteiger partial charge in [0, 0.05) is 4.88 Å². The molecule has 7 nitrogen and oxygen atoms in total. The molecule has 0 saturated carbocycles. The summed E-state index contributed by atoms with van der Waals surface area (Å²) >= 11 is 1.00. The van der Waals surface area contributed by atoms with E-state index in [1.165, 1.54) is 6.07 Å². The zero-order valence-electron chi connectivity index (χ0n) is 8.63. The van der Waals surface area contributed by atoms with Gasteiger partial charge in [-0.2, -0.15) is 0 Å². The molecule has 1 aromatic heterocycles. The summed E-state index contributed by atoms with van der Waals surface area (Å²) in [5.74, 6) is 0. The maximum Gasteiger partial charge on any atom is 0.324 e. The van der Waals surface area contributed by atoms with E-state index in [1.807, 2.05) is 4.72 Å². The first-order valence-electron chi connectivity index (χ1n) is 4.60. The van der Waals surface area contributed by atoms with Crippen LogP contribution in [0.4, 0.5) is 4.79 Å². The van der Waals surface area contributed by atoms with Crippen LogP contribution >= 0.6 is 11.3 Å². The number of aliphatic hydroxyl groups is 1. The maximum absolute atomic E-state index is 11.8. The second-order valence-electron chi connectivity index (χ2n) is 3.67. The molecule has 1 aromatic rings. The number of carbonyl (C=O) groups excluding carboxylic acids is 1. The highest BCUT2D eigenvalue weighted by atomic mass is 32.2. The Morgan fingerprint density at radius 3 is 2.76 bits per heavy atom. The summed E-state index contributed by atoms with van der Waals surface area (Å²) in [5.41, 5.74) is 3.77. The van der Waals surface area contributed by atoms with Crippen LogP contribution < -0.4 is 10.5 Å². The van der Waals surface area contributed by atoms with E-state index in [0.29, 0.717) is 4.88 Å². The number of nitrogens with one attached hydrogen (secondary N) is 2. The summed E-state index contributed by atoms with van der Waals surface area (Å²) in [6.07, 6.45) is 0. The average molecular weight is 277 g/mol. The molecule has 0 spiro atoms. The minimum atomic E-state index is -3.44. The third-order valence-corrected chi connectivity index (χ3v) is 5.47. The molecule has 94 valence electrons. The number of urea groups is 1. The number of nitrogens with two attached hydrogens (primary N) is 1. The SMILES string of the molecule is N=S(=O)(NC(N)=O)c1ccc(C2(O)COC2)s1. The van der Waals surface area contributed by atoms with Crippen molar-refractivity contribution in [2.24, 2.45) is 5.73 Å². The molecule has 0 radical (unpaired) electrons. The topological polar surface area (TPSA) is 126 Å². The smallest absolute Gasteiger partial charge is 0.324 e. The van der Waals surface area contributed by atoms with Crippen LogP contribution in [-0.2, 0) is 20.3 Å². The highest BCUT2D eigenvalue weighted by Gasteiger charge is 2.39. The van der Waals surface area contributed by atoms with Crippen molar-refractivity contribution >= 4 is 27.3 Å². The molecule has 0 aromatic carbocycles. The van der Waals surface area contributed by atoms with E-state index in [4.69, 9.17) is 15.3 Å². The highest BCUT2D eigenvalue weighted by molar-refractivity contribution is 7.93. The fourth-order valence-electron chi connectivity index (χ4n) is 1.35. The molecule has 1 saturated heterocycles. The number of amides is 2. The first-order chi connectivity index (χ1) is 7.83. The predicted molar refractivity (Wildman–Crippen MR) is 60.9 cm³/mol. The molecule has 1 aliphatic rings. The molecule has 2 heterocycles. The number of thiophene rings is 1. The summed E-state index contributed by atoms with van der Waals surface area (Å²) in [6.45, 7) is 0.352. The van der Waals surface area contributed by atoms with Gasteiger partial charge in [-0.1, -0.05) is 0 Å². The Kier molecular flexibility index (Phi) is 2.86. The molecule has 0 bridgehead atoms. The lowest BCUT2D eigenvalue weighted by Gasteiger charge is -2.35. The van der Waals surface area contributed by atoms with Gasteiger partial charge in [0.1, 0.15) is 9.81 Å². The van der Waals surface area contributed by atoms with Gasteiger partial charge in [-0.25, -0.2) is 18.5 Å². The highest BCUT2D eigenvalue weighted by Crippen LogP contribution is 2.35. The van der Waals surface area contributed by atoms with Gasteiger partial charge in [0.05, 0.1) is 13.2 Å². The van der Waals surface area contributed by atoms with Crippen LogP contribution in [-0.4, -0.2) is 28.6 Å². The van der Waals surface area contributed by atoms with E-state index >= 15 is 0 Å². The normalized spacial score (nSPS) is 21.2. The third kappa shape index (κ3) is 2.27. The van der Waals surface area contributed by atoms with Gasteiger partial charge in [-0.3, -0.25) is 0 Å². The van der Waals surface area contributed by atoms with Crippen LogP contribution in [0.2, 0.25) is 0 Å². The molecular weight excluding hydrogens is 266 g/mol. The summed E-state index contributed by atoms with van der Waals surface area (Å²) in [4.78, 5) is 11.2. The van der Waals surface area contributed by atoms with E-state index in [2.05, 4.69) is 0 Å². The second kappa shape index (κ2) is 3.95. The summed E-state index contributed by atoms with van der Waals surface area (Å²) < 4.78 is 26.2. The number of hydrogen-bond acceptors (Lipinski definition) is 6. The lowest BCUT2D eigenvalue weighted by atomic mass is 10.0. The van der Waals surface area contributed by atoms with Crippen molar-refractivity contribution in [3.63, 3.8) is 0 Å². The first-order valence-corrected chi connectivity index (χ1v) is 6.97. The number of primary amides is 1. The van der Waals surface area contributed by atoms with Crippen molar-refractivity contribution in [1.29, 1.82) is 4.78 Å². The molecule has 1 fully saturated rings. The molecule has 1 atom stereocenters.